The smallest absolute Gasteiger partial charge is 0.258 e. The molecule has 2 nitrogen and oxygen atoms in total. The minimum atomic E-state index is -2.07. The molecule has 1 unspecified atom stereocenters. The SMILES string of the molecule is CC(C)N(CCC(c1ccccc1)c1cc(Br)ccc1O[Si](C(C)C)(C(C)C)C(C)C)C(C)C. The second kappa shape index (κ2) is 12.7. The summed E-state index contributed by atoms with van der Waals surface area (Å²) in [7, 11) is -2.07. The van der Waals surface area contributed by atoms with E-state index < -0.39 is 8.32 Å². The first-order valence-electron chi connectivity index (χ1n) is 13.2. The van der Waals surface area contributed by atoms with E-state index in [2.05, 4.69) is 139 Å². The first kappa shape index (κ1) is 29.1. The van der Waals surface area contributed by atoms with Gasteiger partial charge in [-0.05, 0) is 81.0 Å². The minimum Gasteiger partial charge on any atom is -0.542 e. The van der Waals surface area contributed by atoms with Crippen molar-refractivity contribution in [1.82, 2.24) is 4.90 Å². The molecule has 1 atom stereocenters. The van der Waals surface area contributed by atoms with Gasteiger partial charge in [-0.2, -0.15) is 0 Å². The topological polar surface area (TPSA) is 12.5 Å². The van der Waals surface area contributed by atoms with Crippen LogP contribution in [0.4, 0.5) is 0 Å². The normalized spacial score (nSPS) is 13.7. The molecule has 4 heteroatoms. The number of rotatable bonds is 12. The summed E-state index contributed by atoms with van der Waals surface area (Å²) in [5.41, 5.74) is 4.29. The van der Waals surface area contributed by atoms with Crippen molar-refractivity contribution in [1.29, 1.82) is 0 Å². The molecule has 0 saturated heterocycles. The summed E-state index contributed by atoms with van der Waals surface area (Å²) >= 11 is 3.78. The quantitative estimate of drug-likeness (QED) is 0.246. The Morgan fingerprint density at radius 2 is 1.29 bits per heavy atom. The standard InChI is InChI=1S/C30H48BrNOSi/c1-21(2)32(22(3)4)19-18-28(26-14-12-11-13-15-26)29-20-27(31)16-17-30(29)33-34(23(5)6,24(7)8)25(9)10/h11-17,20-25,28H,18-19H2,1-10H3. The fourth-order valence-corrected chi connectivity index (χ4v) is 11.7. The third-order valence-corrected chi connectivity index (χ3v) is 14.0. The van der Waals surface area contributed by atoms with Crippen LogP contribution >= 0.6 is 15.9 Å². The van der Waals surface area contributed by atoms with Gasteiger partial charge in [0.15, 0.2) is 0 Å². The van der Waals surface area contributed by atoms with Crippen LogP contribution in [0.3, 0.4) is 0 Å². The molecule has 2 aromatic rings. The summed E-state index contributed by atoms with van der Waals surface area (Å²) in [4.78, 5) is 2.60. The van der Waals surface area contributed by atoms with E-state index in [0.29, 0.717) is 28.7 Å². The van der Waals surface area contributed by atoms with Crippen LogP contribution in [0.1, 0.15) is 92.7 Å². The van der Waals surface area contributed by atoms with E-state index in [1.807, 2.05) is 0 Å². The lowest BCUT2D eigenvalue weighted by Crippen LogP contribution is -2.51. The zero-order valence-electron chi connectivity index (χ0n) is 23.2. The summed E-state index contributed by atoms with van der Waals surface area (Å²) in [5, 5.41) is 0. The Morgan fingerprint density at radius 1 is 0.765 bits per heavy atom. The predicted molar refractivity (Wildman–Crippen MR) is 156 cm³/mol. The molecule has 0 aliphatic carbocycles. The summed E-state index contributed by atoms with van der Waals surface area (Å²) < 4.78 is 8.40. The molecule has 2 aromatic carbocycles. The highest BCUT2D eigenvalue weighted by Crippen LogP contribution is 2.45. The third-order valence-electron chi connectivity index (χ3n) is 7.55. The molecule has 0 aromatic heterocycles. The fourth-order valence-electron chi connectivity index (χ4n) is 6.01. The van der Waals surface area contributed by atoms with Gasteiger partial charge < -0.3 is 4.43 Å². The zero-order chi connectivity index (χ0) is 25.6. The van der Waals surface area contributed by atoms with Crippen LogP contribution in [0.25, 0.3) is 0 Å². The van der Waals surface area contributed by atoms with Gasteiger partial charge in [-0.15, -0.1) is 0 Å². The molecule has 0 saturated carbocycles. The highest BCUT2D eigenvalue weighted by atomic mass is 79.9. The Bertz CT molecular complexity index is 849. The Balaban J connectivity index is 2.60. The lowest BCUT2D eigenvalue weighted by Gasteiger charge is -2.43. The lowest BCUT2D eigenvalue weighted by molar-refractivity contribution is 0.170. The number of hydrogen-bond acceptors (Lipinski definition) is 2. The van der Waals surface area contributed by atoms with Crippen LogP contribution in [-0.2, 0) is 0 Å². The van der Waals surface area contributed by atoms with Crippen molar-refractivity contribution < 1.29 is 4.43 Å². The van der Waals surface area contributed by atoms with Gasteiger partial charge in [-0.1, -0.05) is 87.8 Å². The molecule has 0 bridgehead atoms. The predicted octanol–water partition coefficient (Wildman–Crippen LogP) is 9.64. The van der Waals surface area contributed by atoms with Gasteiger partial charge in [-0.3, -0.25) is 4.90 Å². The lowest BCUT2D eigenvalue weighted by atomic mass is 9.87. The average Bonchev–Trinajstić information content (AvgIpc) is 2.75. The first-order chi connectivity index (χ1) is 15.9. The van der Waals surface area contributed by atoms with Crippen molar-refractivity contribution >= 4 is 24.2 Å². The van der Waals surface area contributed by atoms with Crippen molar-refractivity contribution in [2.45, 2.75) is 110 Å². The molecular formula is C30H48BrNOSi. The van der Waals surface area contributed by atoms with Crippen molar-refractivity contribution in [3.8, 4) is 5.75 Å². The number of benzene rings is 2. The molecule has 0 heterocycles. The van der Waals surface area contributed by atoms with Crippen molar-refractivity contribution in [2.24, 2.45) is 0 Å². The van der Waals surface area contributed by atoms with Gasteiger partial charge in [0.2, 0.25) is 0 Å². The second-order valence-corrected chi connectivity index (χ2v) is 17.6. The van der Waals surface area contributed by atoms with E-state index in [1.165, 1.54) is 11.1 Å². The Kier molecular flexibility index (Phi) is 10.9. The maximum absolute atomic E-state index is 7.28. The molecule has 0 amide bonds. The van der Waals surface area contributed by atoms with Gasteiger partial charge in [0.05, 0.1) is 0 Å². The van der Waals surface area contributed by atoms with Gasteiger partial charge in [-0.25, -0.2) is 0 Å². The Hall–Kier alpha value is -1.10. The van der Waals surface area contributed by atoms with Gasteiger partial charge in [0.25, 0.3) is 8.32 Å². The molecule has 0 fully saturated rings. The summed E-state index contributed by atoms with van der Waals surface area (Å²) in [6.07, 6.45) is 1.06. The zero-order valence-corrected chi connectivity index (χ0v) is 25.8. The largest absolute Gasteiger partial charge is 0.542 e. The van der Waals surface area contributed by atoms with Crippen molar-refractivity contribution in [3.05, 3.63) is 64.1 Å². The molecule has 0 radical (unpaired) electrons. The van der Waals surface area contributed by atoms with Gasteiger partial charge in [0.1, 0.15) is 5.75 Å². The number of hydrogen-bond donors (Lipinski definition) is 0. The average molecular weight is 547 g/mol. The van der Waals surface area contributed by atoms with E-state index in [1.54, 1.807) is 0 Å². The summed E-state index contributed by atoms with van der Waals surface area (Å²) in [6, 6.07) is 18.7. The van der Waals surface area contributed by atoms with Crippen LogP contribution in [0.5, 0.6) is 5.75 Å². The Labute approximate surface area is 219 Å². The fraction of sp³-hybridized carbons (Fsp3) is 0.600. The van der Waals surface area contributed by atoms with Crippen LogP contribution in [0.2, 0.25) is 16.6 Å². The van der Waals surface area contributed by atoms with E-state index in [-0.39, 0.29) is 5.92 Å². The van der Waals surface area contributed by atoms with Crippen molar-refractivity contribution in [2.75, 3.05) is 6.54 Å². The van der Waals surface area contributed by atoms with E-state index in [9.17, 15) is 0 Å². The third kappa shape index (κ3) is 6.76. The molecule has 0 aliphatic heterocycles. The maximum atomic E-state index is 7.28. The van der Waals surface area contributed by atoms with Crippen LogP contribution in [0, 0.1) is 0 Å². The molecule has 190 valence electrons. The molecule has 0 spiro atoms. The van der Waals surface area contributed by atoms with Crippen molar-refractivity contribution in [3.63, 3.8) is 0 Å². The monoisotopic (exact) mass is 545 g/mol. The van der Waals surface area contributed by atoms with E-state index >= 15 is 0 Å². The minimum absolute atomic E-state index is 0.284. The number of nitrogens with zero attached hydrogens (tertiary/aromatic N) is 1. The molecular weight excluding hydrogens is 498 g/mol. The molecule has 34 heavy (non-hydrogen) atoms. The molecule has 0 aliphatic rings. The Morgan fingerprint density at radius 3 is 1.76 bits per heavy atom. The summed E-state index contributed by atoms with van der Waals surface area (Å²) in [6.45, 7) is 24.5. The summed E-state index contributed by atoms with van der Waals surface area (Å²) in [5.74, 6) is 1.37. The highest BCUT2D eigenvalue weighted by Gasteiger charge is 2.47. The van der Waals surface area contributed by atoms with Crippen LogP contribution < -0.4 is 4.43 Å². The number of halogens is 1. The molecule has 0 N–H and O–H groups in total. The van der Waals surface area contributed by atoms with E-state index in [0.717, 1.165) is 23.2 Å². The second-order valence-electron chi connectivity index (χ2n) is 11.3. The van der Waals surface area contributed by atoms with Gasteiger partial charge >= 0.3 is 0 Å². The highest BCUT2D eigenvalue weighted by molar-refractivity contribution is 9.10. The van der Waals surface area contributed by atoms with Gasteiger partial charge in [0, 0.05) is 28.0 Å². The first-order valence-corrected chi connectivity index (χ1v) is 16.1. The maximum Gasteiger partial charge on any atom is 0.258 e. The van der Waals surface area contributed by atoms with Crippen LogP contribution in [-0.4, -0.2) is 31.8 Å². The van der Waals surface area contributed by atoms with Crippen LogP contribution in [0.15, 0.2) is 53.0 Å². The molecule has 2 rings (SSSR count). The van der Waals surface area contributed by atoms with E-state index in [4.69, 9.17) is 4.43 Å².